The Morgan fingerprint density at radius 1 is 1.25 bits per heavy atom. The molecule has 0 radical (unpaired) electrons. The maximum Gasteiger partial charge on any atom is 0.227 e. The van der Waals surface area contributed by atoms with Crippen LogP contribution in [-0.2, 0) is 30.7 Å². The van der Waals surface area contributed by atoms with Gasteiger partial charge in [0, 0.05) is 30.2 Å². The van der Waals surface area contributed by atoms with E-state index in [0.717, 1.165) is 40.9 Å². The van der Waals surface area contributed by atoms with Crippen molar-refractivity contribution in [3.63, 3.8) is 0 Å². The zero-order chi connectivity index (χ0) is 22.6. The summed E-state index contributed by atoms with van der Waals surface area (Å²) in [6, 6.07) is 5.67. The molecule has 1 fully saturated rings. The Morgan fingerprint density at radius 2 is 2.03 bits per heavy atom. The monoisotopic (exact) mass is 456 g/mol. The molecule has 170 valence electrons. The summed E-state index contributed by atoms with van der Waals surface area (Å²) in [6.45, 7) is 3.01. The molecule has 32 heavy (non-hydrogen) atoms. The minimum absolute atomic E-state index is 0.0362. The Morgan fingerprint density at radius 3 is 2.69 bits per heavy atom. The molecule has 1 aromatic rings. The molecule has 4 aliphatic rings. The van der Waals surface area contributed by atoms with Gasteiger partial charge in [-0.1, -0.05) is 12.1 Å². The Balaban J connectivity index is 1.64. The molecule has 2 heterocycles. The van der Waals surface area contributed by atoms with Crippen molar-refractivity contribution in [2.24, 2.45) is 11.8 Å². The highest BCUT2D eigenvalue weighted by molar-refractivity contribution is 7.90. The van der Waals surface area contributed by atoms with Gasteiger partial charge in [0.2, 0.25) is 5.91 Å². The lowest BCUT2D eigenvalue weighted by molar-refractivity contribution is -0.117. The summed E-state index contributed by atoms with van der Waals surface area (Å²) in [7, 11) is -1.62. The SMILES string of the molecule is CCOC1=CC2C(=C3c4c(cccc4NC(=O)C4CC4)CN3C2CS(C)(=O)=O)C=C1OC. The van der Waals surface area contributed by atoms with Crippen LogP contribution in [0.1, 0.15) is 30.9 Å². The van der Waals surface area contributed by atoms with Gasteiger partial charge in [0.25, 0.3) is 0 Å². The van der Waals surface area contributed by atoms with Crippen LogP contribution < -0.4 is 5.32 Å². The van der Waals surface area contributed by atoms with E-state index in [2.05, 4.69) is 10.2 Å². The highest BCUT2D eigenvalue weighted by atomic mass is 32.2. The number of ether oxygens (including phenoxy) is 2. The molecule has 0 saturated heterocycles. The molecule has 0 spiro atoms. The Hall–Kier alpha value is -2.74. The van der Waals surface area contributed by atoms with Crippen LogP contribution in [0.5, 0.6) is 0 Å². The number of amides is 1. The van der Waals surface area contributed by atoms with Crippen molar-refractivity contribution in [2.75, 3.05) is 31.0 Å². The van der Waals surface area contributed by atoms with Gasteiger partial charge in [-0.25, -0.2) is 8.42 Å². The van der Waals surface area contributed by atoms with Gasteiger partial charge < -0.3 is 19.7 Å². The normalized spacial score (nSPS) is 23.8. The van der Waals surface area contributed by atoms with Gasteiger partial charge in [0.15, 0.2) is 11.5 Å². The molecular formula is C24H28N2O5S. The molecule has 8 heteroatoms. The van der Waals surface area contributed by atoms with Crippen molar-refractivity contribution < 1.29 is 22.7 Å². The van der Waals surface area contributed by atoms with E-state index in [1.165, 1.54) is 6.26 Å². The summed E-state index contributed by atoms with van der Waals surface area (Å²) in [5, 5.41) is 3.12. The minimum Gasteiger partial charge on any atom is -0.493 e. The number of hydrogen-bond donors (Lipinski definition) is 1. The summed E-state index contributed by atoms with van der Waals surface area (Å²) in [4.78, 5) is 14.7. The van der Waals surface area contributed by atoms with E-state index >= 15 is 0 Å². The van der Waals surface area contributed by atoms with Gasteiger partial charge in [0.05, 0.1) is 36.9 Å². The molecule has 2 unspecified atom stereocenters. The number of methoxy groups -OCH3 is 1. The number of benzene rings is 1. The van der Waals surface area contributed by atoms with Crippen molar-refractivity contribution in [3.8, 4) is 0 Å². The topological polar surface area (TPSA) is 84.9 Å². The molecule has 5 rings (SSSR count). The van der Waals surface area contributed by atoms with Gasteiger partial charge in [-0.05, 0) is 49.1 Å². The van der Waals surface area contributed by atoms with Gasteiger partial charge in [-0.2, -0.15) is 0 Å². The third-order valence-electron chi connectivity index (χ3n) is 6.52. The van der Waals surface area contributed by atoms with Crippen LogP contribution >= 0.6 is 0 Å². The Labute approximate surface area is 188 Å². The molecule has 0 bridgehead atoms. The van der Waals surface area contributed by atoms with Crippen LogP contribution in [0, 0.1) is 11.8 Å². The van der Waals surface area contributed by atoms with Crippen molar-refractivity contribution >= 4 is 27.1 Å². The first kappa shape index (κ1) is 21.1. The zero-order valence-corrected chi connectivity index (χ0v) is 19.4. The predicted octanol–water partition coefficient (Wildman–Crippen LogP) is 3.07. The number of rotatable bonds is 7. The third-order valence-corrected chi connectivity index (χ3v) is 7.47. The molecule has 1 N–H and O–H groups in total. The molecule has 1 aromatic carbocycles. The van der Waals surface area contributed by atoms with Crippen LogP contribution in [0.3, 0.4) is 0 Å². The van der Waals surface area contributed by atoms with Crippen LogP contribution in [0.2, 0.25) is 0 Å². The fourth-order valence-electron chi connectivity index (χ4n) is 5.02. The molecule has 1 amide bonds. The van der Waals surface area contributed by atoms with Crippen molar-refractivity contribution in [3.05, 3.63) is 58.6 Å². The number of fused-ring (bicyclic) bond motifs is 4. The van der Waals surface area contributed by atoms with E-state index in [9.17, 15) is 13.2 Å². The average Bonchev–Trinajstić information content (AvgIpc) is 3.47. The van der Waals surface area contributed by atoms with Crippen LogP contribution in [0.4, 0.5) is 5.69 Å². The molecule has 7 nitrogen and oxygen atoms in total. The molecule has 0 aromatic heterocycles. The first-order valence-electron chi connectivity index (χ1n) is 11.0. The number of carbonyl (C=O) groups is 1. The van der Waals surface area contributed by atoms with Gasteiger partial charge in [-0.3, -0.25) is 4.79 Å². The number of anilines is 1. The lowest BCUT2D eigenvalue weighted by Crippen LogP contribution is -2.37. The highest BCUT2D eigenvalue weighted by Crippen LogP contribution is 2.52. The van der Waals surface area contributed by atoms with Gasteiger partial charge in [0.1, 0.15) is 9.84 Å². The van der Waals surface area contributed by atoms with E-state index in [0.29, 0.717) is 24.7 Å². The first-order valence-corrected chi connectivity index (χ1v) is 13.1. The van der Waals surface area contributed by atoms with Crippen molar-refractivity contribution in [1.29, 1.82) is 0 Å². The maximum atomic E-state index is 12.5. The molecule has 2 aliphatic carbocycles. The Kier molecular flexibility index (Phi) is 5.08. The predicted molar refractivity (Wildman–Crippen MR) is 122 cm³/mol. The summed E-state index contributed by atoms with van der Waals surface area (Å²) in [5.41, 5.74) is 4.84. The van der Waals surface area contributed by atoms with Crippen LogP contribution in [-0.4, -0.2) is 51.0 Å². The molecule has 2 atom stereocenters. The molecule has 2 aliphatic heterocycles. The minimum atomic E-state index is -3.23. The second kappa shape index (κ2) is 7.69. The average molecular weight is 457 g/mol. The first-order chi connectivity index (χ1) is 15.3. The van der Waals surface area contributed by atoms with E-state index in [1.54, 1.807) is 7.11 Å². The van der Waals surface area contributed by atoms with E-state index in [1.807, 2.05) is 37.3 Å². The maximum absolute atomic E-state index is 12.5. The fraction of sp³-hybridized carbons (Fsp3) is 0.458. The zero-order valence-electron chi connectivity index (χ0n) is 18.6. The lowest BCUT2D eigenvalue weighted by atomic mass is 9.87. The summed E-state index contributed by atoms with van der Waals surface area (Å²) >= 11 is 0. The van der Waals surface area contributed by atoms with E-state index in [-0.39, 0.29) is 29.5 Å². The van der Waals surface area contributed by atoms with E-state index in [4.69, 9.17) is 9.47 Å². The molecule has 1 saturated carbocycles. The largest absolute Gasteiger partial charge is 0.493 e. The molecular weight excluding hydrogens is 428 g/mol. The number of nitrogens with one attached hydrogen (secondary N) is 1. The van der Waals surface area contributed by atoms with Crippen LogP contribution in [0.25, 0.3) is 5.70 Å². The number of sulfone groups is 1. The smallest absolute Gasteiger partial charge is 0.227 e. The lowest BCUT2D eigenvalue weighted by Gasteiger charge is -2.29. The summed E-state index contributed by atoms with van der Waals surface area (Å²) in [6.07, 6.45) is 7.11. The summed E-state index contributed by atoms with van der Waals surface area (Å²) in [5.74, 6) is 1.31. The highest BCUT2D eigenvalue weighted by Gasteiger charge is 2.47. The quantitative estimate of drug-likeness (QED) is 0.679. The van der Waals surface area contributed by atoms with Gasteiger partial charge >= 0.3 is 0 Å². The van der Waals surface area contributed by atoms with Crippen LogP contribution in [0.15, 0.2) is 47.4 Å². The third kappa shape index (κ3) is 3.60. The second-order valence-electron chi connectivity index (χ2n) is 8.90. The number of nitrogens with zero attached hydrogens (tertiary/aromatic N) is 1. The fourth-order valence-corrected chi connectivity index (χ4v) is 6.02. The van der Waals surface area contributed by atoms with Crippen molar-refractivity contribution in [1.82, 2.24) is 4.90 Å². The number of carbonyl (C=O) groups excluding carboxylic acids is 1. The number of hydrogen-bond acceptors (Lipinski definition) is 6. The second-order valence-corrected chi connectivity index (χ2v) is 11.1. The Bertz CT molecular complexity index is 1180. The van der Waals surface area contributed by atoms with Crippen molar-refractivity contribution in [2.45, 2.75) is 32.4 Å². The standard InChI is InChI=1S/C24H28N2O5S/c1-4-31-21-10-16-17(11-20(21)30-2)23-22-15(12-26(23)19(16)13-32(3,28)29)6-5-7-18(22)25-24(27)14-8-9-14/h5-7,10-11,14,16,19H,4,8-9,12-13H2,1-3H3,(H,25,27). The van der Waals surface area contributed by atoms with Gasteiger partial charge in [-0.15, -0.1) is 0 Å². The summed E-state index contributed by atoms with van der Waals surface area (Å²) < 4.78 is 36.1. The number of allylic oxidation sites excluding steroid dienone is 1. The van der Waals surface area contributed by atoms with E-state index < -0.39 is 9.84 Å².